The van der Waals surface area contributed by atoms with Gasteiger partial charge in [0, 0.05) is 13.6 Å². The summed E-state index contributed by atoms with van der Waals surface area (Å²) >= 11 is 1.08. The standard InChI is InChI=1S/C11H15N7O3S/c1-3-4-18-8(12)7(9(20)13-10(18)21)6(19)5-22-11-14-15-16-17(11)2/h3-5,12H2,1-2H3,(H,13,20,21). The fourth-order valence-electron chi connectivity index (χ4n) is 1.85. The molecule has 0 aromatic carbocycles. The van der Waals surface area contributed by atoms with Gasteiger partial charge < -0.3 is 5.73 Å². The predicted molar refractivity (Wildman–Crippen MR) is 79.9 cm³/mol. The van der Waals surface area contributed by atoms with Crippen molar-refractivity contribution in [1.29, 1.82) is 0 Å². The molecule has 11 heteroatoms. The molecule has 10 nitrogen and oxygen atoms in total. The van der Waals surface area contributed by atoms with Crippen LogP contribution in [0.15, 0.2) is 14.7 Å². The number of aryl methyl sites for hydroxylation is 1. The summed E-state index contributed by atoms with van der Waals surface area (Å²) in [4.78, 5) is 37.9. The minimum absolute atomic E-state index is 0.0637. The van der Waals surface area contributed by atoms with Crippen molar-refractivity contribution in [3.05, 3.63) is 26.4 Å². The Morgan fingerprint density at radius 2 is 2.14 bits per heavy atom. The molecule has 2 aromatic heterocycles. The molecule has 2 aromatic rings. The Kier molecular flexibility index (Phi) is 4.75. The van der Waals surface area contributed by atoms with Gasteiger partial charge in [0.25, 0.3) is 5.56 Å². The van der Waals surface area contributed by atoms with E-state index < -0.39 is 17.0 Å². The van der Waals surface area contributed by atoms with Crippen molar-refractivity contribution >= 4 is 23.4 Å². The van der Waals surface area contributed by atoms with E-state index in [9.17, 15) is 14.4 Å². The number of carbonyl (C=O) groups is 1. The van der Waals surface area contributed by atoms with E-state index in [1.807, 2.05) is 6.92 Å². The van der Waals surface area contributed by atoms with Crippen molar-refractivity contribution in [3.8, 4) is 0 Å². The summed E-state index contributed by atoms with van der Waals surface area (Å²) in [6.45, 7) is 2.18. The fourth-order valence-corrected chi connectivity index (χ4v) is 2.57. The fraction of sp³-hybridized carbons (Fsp3) is 0.455. The lowest BCUT2D eigenvalue weighted by Crippen LogP contribution is -2.36. The molecule has 0 unspecified atom stereocenters. The van der Waals surface area contributed by atoms with Crippen LogP contribution < -0.4 is 17.0 Å². The first-order valence-corrected chi connectivity index (χ1v) is 7.45. The van der Waals surface area contributed by atoms with Crippen LogP contribution in [0.3, 0.4) is 0 Å². The highest BCUT2D eigenvalue weighted by atomic mass is 32.2. The molecule has 0 saturated heterocycles. The van der Waals surface area contributed by atoms with E-state index in [0.29, 0.717) is 18.1 Å². The van der Waals surface area contributed by atoms with Crippen LogP contribution in [0, 0.1) is 0 Å². The Hall–Kier alpha value is -2.43. The molecule has 0 aliphatic carbocycles. The van der Waals surface area contributed by atoms with E-state index >= 15 is 0 Å². The lowest BCUT2D eigenvalue weighted by Gasteiger charge is -2.10. The van der Waals surface area contributed by atoms with Crippen LogP contribution in [0.25, 0.3) is 0 Å². The number of Topliss-reactive ketones (excluding diaryl/α,β-unsaturated/α-hetero) is 1. The van der Waals surface area contributed by atoms with Crippen molar-refractivity contribution < 1.29 is 4.79 Å². The summed E-state index contributed by atoms with van der Waals surface area (Å²) < 4.78 is 2.59. The van der Waals surface area contributed by atoms with Gasteiger partial charge in [-0.1, -0.05) is 18.7 Å². The molecule has 0 aliphatic rings. The van der Waals surface area contributed by atoms with Crippen LogP contribution in [0.1, 0.15) is 23.7 Å². The largest absolute Gasteiger partial charge is 0.384 e. The number of nitrogens with two attached hydrogens (primary N) is 1. The molecule has 3 N–H and O–H groups in total. The zero-order valence-electron chi connectivity index (χ0n) is 12.1. The quantitative estimate of drug-likeness (QED) is 0.510. The van der Waals surface area contributed by atoms with Crippen LogP contribution in [0.5, 0.6) is 0 Å². The number of hydrogen-bond acceptors (Lipinski definition) is 8. The normalized spacial score (nSPS) is 10.8. The average Bonchev–Trinajstić information content (AvgIpc) is 2.86. The molecule has 2 heterocycles. The highest BCUT2D eigenvalue weighted by Gasteiger charge is 2.20. The van der Waals surface area contributed by atoms with Gasteiger partial charge in [0.15, 0.2) is 5.78 Å². The third-order valence-corrected chi connectivity index (χ3v) is 3.89. The van der Waals surface area contributed by atoms with E-state index in [0.717, 1.165) is 11.8 Å². The molecule has 0 aliphatic heterocycles. The third-order valence-electron chi connectivity index (χ3n) is 2.88. The number of ketones is 1. The topological polar surface area (TPSA) is 142 Å². The summed E-state index contributed by atoms with van der Waals surface area (Å²) in [6, 6.07) is 0. The van der Waals surface area contributed by atoms with Crippen LogP contribution in [0.2, 0.25) is 0 Å². The maximum absolute atomic E-state index is 12.2. The second-order valence-electron chi connectivity index (χ2n) is 4.47. The minimum atomic E-state index is -0.781. The number of thioether (sulfide) groups is 1. The summed E-state index contributed by atoms with van der Waals surface area (Å²) in [6.07, 6.45) is 0.642. The number of carbonyl (C=O) groups excluding carboxylic acids is 1. The molecule has 0 saturated carbocycles. The molecular formula is C11H15N7O3S. The summed E-state index contributed by atoms with van der Waals surface area (Å²) in [5.41, 5.74) is 4.21. The van der Waals surface area contributed by atoms with Gasteiger partial charge in [-0.3, -0.25) is 19.1 Å². The van der Waals surface area contributed by atoms with Crippen LogP contribution in [-0.2, 0) is 13.6 Å². The van der Waals surface area contributed by atoms with E-state index in [1.54, 1.807) is 7.05 Å². The van der Waals surface area contributed by atoms with Crippen molar-refractivity contribution in [1.82, 2.24) is 29.8 Å². The molecule has 0 spiro atoms. The number of nitrogens with zero attached hydrogens (tertiary/aromatic N) is 5. The van der Waals surface area contributed by atoms with Crippen LogP contribution in [-0.4, -0.2) is 41.3 Å². The smallest absolute Gasteiger partial charge is 0.329 e. The monoisotopic (exact) mass is 325 g/mol. The Morgan fingerprint density at radius 1 is 1.41 bits per heavy atom. The number of aromatic amines is 1. The van der Waals surface area contributed by atoms with Gasteiger partial charge in [-0.2, -0.15) is 0 Å². The minimum Gasteiger partial charge on any atom is -0.384 e. The molecule has 0 atom stereocenters. The van der Waals surface area contributed by atoms with Crippen molar-refractivity contribution in [2.75, 3.05) is 11.5 Å². The molecular weight excluding hydrogens is 310 g/mol. The molecule has 0 fully saturated rings. The number of rotatable bonds is 6. The number of hydrogen-bond donors (Lipinski definition) is 2. The number of tetrazole rings is 1. The van der Waals surface area contributed by atoms with Gasteiger partial charge in [0.2, 0.25) is 5.16 Å². The first-order valence-electron chi connectivity index (χ1n) is 6.46. The van der Waals surface area contributed by atoms with E-state index in [2.05, 4.69) is 20.5 Å². The van der Waals surface area contributed by atoms with Gasteiger partial charge in [0.1, 0.15) is 11.4 Å². The van der Waals surface area contributed by atoms with Crippen LogP contribution in [0.4, 0.5) is 5.82 Å². The maximum atomic E-state index is 12.2. The Labute approximate surface area is 128 Å². The SMILES string of the molecule is CCCn1c(N)c(C(=O)CSc2nnnn2C)c(=O)[nH]c1=O. The molecule has 118 valence electrons. The van der Waals surface area contributed by atoms with Gasteiger partial charge in [-0.25, -0.2) is 9.48 Å². The second kappa shape index (κ2) is 6.56. The molecule has 2 rings (SSSR count). The Morgan fingerprint density at radius 3 is 2.73 bits per heavy atom. The van der Waals surface area contributed by atoms with Crippen molar-refractivity contribution in [3.63, 3.8) is 0 Å². The Balaban J connectivity index is 2.29. The summed E-state index contributed by atoms with van der Waals surface area (Å²) in [5, 5.41) is 11.3. The summed E-state index contributed by atoms with van der Waals surface area (Å²) in [7, 11) is 1.63. The second-order valence-corrected chi connectivity index (χ2v) is 5.41. The van der Waals surface area contributed by atoms with E-state index in [-0.39, 0.29) is 17.1 Å². The van der Waals surface area contributed by atoms with Gasteiger partial charge in [0.05, 0.1) is 5.75 Å². The van der Waals surface area contributed by atoms with Gasteiger partial charge >= 0.3 is 5.69 Å². The zero-order chi connectivity index (χ0) is 16.3. The number of aromatic nitrogens is 6. The first kappa shape index (κ1) is 15.9. The average molecular weight is 325 g/mol. The lowest BCUT2D eigenvalue weighted by atomic mass is 10.2. The zero-order valence-corrected chi connectivity index (χ0v) is 12.9. The van der Waals surface area contributed by atoms with Crippen molar-refractivity contribution in [2.45, 2.75) is 25.0 Å². The third kappa shape index (κ3) is 3.08. The molecule has 0 radical (unpaired) electrons. The molecule has 22 heavy (non-hydrogen) atoms. The van der Waals surface area contributed by atoms with Gasteiger partial charge in [-0.05, 0) is 16.8 Å². The highest BCUT2D eigenvalue weighted by molar-refractivity contribution is 7.99. The first-order chi connectivity index (χ1) is 10.5. The number of nitrogen functional groups attached to an aromatic ring is 1. The number of anilines is 1. The molecule has 0 bridgehead atoms. The van der Waals surface area contributed by atoms with Crippen LogP contribution >= 0.6 is 11.8 Å². The predicted octanol–water partition coefficient (Wildman–Crippen LogP) is -0.973. The Bertz CT molecular complexity index is 807. The van der Waals surface area contributed by atoms with E-state index in [1.165, 1.54) is 9.25 Å². The number of H-pyrrole nitrogens is 1. The maximum Gasteiger partial charge on any atom is 0.329 e. The lowest BCUT2D eigenvalue weighted by molar-refractivity contribution is 0.102. The summed E-state index contributed by atoms with van der Waals surface area (Å²) in [5.74, 6) is -0.667. The van der Waals surface area contributed by atoms with Crippen molar-refractivity contribution in [2.24, 2.45) is 7.05 Å². The molecule has 0 amide bonds. The van der Waals surface area contributed by atoms with Gasteiger partial charge in [-0.15, -0.1) is 5.10 Å². The number of nitrogens with one attached hydrogen (secondary N) is 1. The van der Waals surface area contributed by atoms with E-state index in [4.69, 9.17) is 5.73 Å². The highest BCUT2D eigenvalue weighted by Crippen LogP contribution is 2.15.